The molecule has 1 fully saturated rings. The summed E-state index contributed by atoms with van der Waals surface area (Å²) in [7, 11) is 0. The van der Waals surface area contributed by atoms with E-state index in [2.05, 4.69) is 38.3 Å². The molecule has 1 unspecified atom stereocenters. The van der Waals surface area contributed by atoms with Gasteiger partial charge in [-0.15, -0.1) is 10.2 Å². The first-order valence-electron chi connectivity index (χ1n) is 7.43. The number of rotatable bonds is 3. The van der Waals surface area contributed by atoms with E-state index in [0.29, 0.717) is 11.7 Å². The Morgan fingerprint density at radius 2 is 2.14 bits per heavy atom. The van der Waals surface area contributed by atoms with Gasteiger partial charge >= 0.3 is 0 Å². The molecule has 0 N–H and O–H groups in total. The van der Waals surface area contributed by atoms with Crippen LogP contribution in [0.4, 0.5) is 0 Å². The summed E-state index contributed by atoms with van der Waals surface area (Å²) in [5.41, 5.74) is 0.883. The highest BCUT2D eigenvalue weighted by molar-refractivity contribution is 9.10. The fourth-order valence-electron chi connectivity index (χ4n) is 2.66. The number of nitrogens with zero attached hydrogens (tertiary/aromatic N) is 5. The summed E-state index contributed by atoms with van der Waals surface area (Å²) in [5, 5.41) is 12.3. The summed E-state index contributed by atoms with van der Waals surface area (Å²) < 4.78 is 0.998. The Kier molecular flexibility index (Phi) is 4.52. The average Bonchev–Trinajstić information content (AvgIpc) is 2.96. The van der Waals surface area contributed by atoms with Crippen LogP contribution in [0.15, 0.2) is 28.7 Å². The molecule has 1 amide bonds. The van der Waals surface area contributed by atoms with E-state index in [4.69, 9.17) is 0 Å². The quantitative estimate of drug-likeness (QED) is 0.839. The molecule has 22 heavy (non-hydrogen) atoms. The number of hydrogen-bond donors (Lipinski definition) is 0. The molecule has 1 saturated heterocycles. The topological polar surface area (TPSA) is 63.9 Å². The van der Waals surface area contributed by atoms with E-state index in [1.165, 1.54) is 11.2 Å². The van der Waals surface area contributed by atoms with Crippen LogP contribution in [0.25, 0.3) is 11.4 Å². The van der Waals surface area contributed by atoms with Crippen molar-refractivity contribution in [1.82, 2.24) is 25.1 Å². The molecule has 1 atom stereocenters. The van der Waals surface area contributed by atoms with Crippen molar-refractivity contribution in [3.8, 4) is 11.4 Å². The van der Waals surface area contributed by atoms with Gasteiger partial charge in [-0.05, 0) is 48.2 Å². The van der Waals surface area contributed by atoms with Crippen LogP contribution < -0.4 is 0 Å². The Bertz CT molecular complexity index is 654. The summed E-state index contributed by atoms with van der Waals surface area (Å²) >= 11 is 3.39. The molecule has 0 bridgehead atoms. The fraction of sp³-hybridized carbons (Fsp3) is 0.467. The van der Waals surface area contributed by atoms with Crippen molar-refractivity contribution in [3.05, 3.63) is 28.7 Å². The lowest BCUT2D eigenvalue weighted by atomic mass is 10.0. The third-order valence-electron chi connectivity index (χ3n) is 3.84. The van der Waals surface area contributed by atoms with Crippen molar-refractivity contribution in [1.29, 1.82) is 0 Å². The van der Waals surface area contributed by atoms with Gasteiger partial charge in [0.25, 0.3) is 0 Å². The highest BCUT2D eigenvalue weighted by Crippen LogP contribution is 2.18. The van der Waals surface area contributed by atoms with E-state index in [9.17, 15) is 4.79 Å². The smallest absolute Gasteiger partial charge is 0.246 e. The third-order valence-corrected chi connectivity index (χ3v) is 4.37. The molecule has 0 spiro atoms. The van der Waals surface area contributed by atoms with Crippen LogP contribution in [0, 0.1) is 5.92 Å². The minimum Gasteiger partial charge on any atom is -0.341 e. The van der Waals surface area contributed by atoms with Crippen LogP contribution in [0.5, 0.6) is 0 Å². The molecule has 0 saturated carbocycles. The lowest BCUT2D eigenvalue weighted by Crippen LogP contribution is -2.41. The molecule has 2 aromatic rings. The number of carbonyl (C=O) groups is 1. The van der Waals surface area contributed by atoms with Crippen molar-refractivity contribution in [2.24, 2.45) is 5.92 Å². The lowest BCUT2D eigenvalue weighted by Gasteiger charge is -2.30. The Morgan fingerprint density at radius 1 is 1.36 bits per heavy atom. The number of hydrogen-bond acceptors (Lipinski definition) is 4. The largest absolute Gasteiger partial charge is 0.341 e. The highest BCUT2D eigenvalue weighted by Gasteiger charge is 2.21. The highest BCUT2D eigenvalue weighted by atomic mass is 79.9. The van der Waals surface area contributed by atoms with E-state index in [-0.39, 0.29) is 12.5 Å². The first-order chi connectivity index (χ1) is 10.6. The number of tetrazole rings is 1. The van der Waals surface area contributed by atoms with Gasteiger partial charge in [0.15, 0.2) is 0 Å². The van der Waals surface area contributed by atoms with Crippen LogP contribution >= 0.6 is 15.9 Å². The summed E-state index contributed by atoms with van der Waals surface area (Å²) in [5.74, 6) is 1.17. The molecule has 3 rings (SSSR count). The summed E-state index contributed by atoms with van der Waals surface area (Å²) in [6.07, 6.45) is 2.26. The Labute approximate surface area is 137 Å². The second-order valence-electron chi connectivity index (χ2n) is 5.74. The van der Waals surface area contributed by atoms with E-state index in [1.807, 2.05) is 29.2 Å². The second kappa shape index (κ2) is 6.56. The predicted molar refractivity (Wildman–Crippen MR) is 85.9 cm³/mol. The maximum absolute atomic E-state index is 12.3. The van der Waals surface area contributed by atoms with Gasteiger partial charge in [0.05, 0.1) is 0 Å². The molecule has 1 aromatic carbocycles. The lowest BCUT2D eigenvalue weighted by molar-refractivity contribution is -0.134. The van der Waals surface area contributed by atoms with Gasteiger partial charge in [0, 0.05) is 23.1 Å². The zero-order valence-corrected chi connectivity index (χ0v) is 14.0. The van der Waals surface area contributed by atoms with E-state index < -0.39 is 0 Å². The van der Waals surface area contributed by atoms with Crippen molar-refractivity contribution in [2.45, 2.75) is 26.3 Å². The van der Waals surface area contributed by atoms with Crippen LogP contribution in [-0.4, -0.2) is 44.1 Å². The van der Waals surface area contributed by atoms with Crippen LogP contribution in [0.1, 0.15) is 19.8 Å². The average molecular weight is 364 g/mol. The van der Waals surface area contributed by atoms with E-state index in [0.717, 1.165) is 29.5 Å². The molecule has 1 aliphatic heterocycles. The van der Waals surface area contributed by atoms with Crippen molar-refractivity contribution >= 4 is 21.8 Å². The maximum Gasteiger partial charge on any atom is 0.246 e. The standard InChI is InChI=1S/C15H18BrN5O/c1-11-3-2-8-20(9-11)14(22)10-21-18-15(17-19-21)12-4-6-13(16)7-5-12/h4-7,11H,2-3,8-10H2,1H3. The predicted octanol–water partition coefficient (Wildman–Crippen LogP) is 2.36. The van der Waals surface area contributed by atoms with Gasteiger partial charge in [-0.25, -0.2) is 0 Å². The zero-order valence-electron chi connectivity index (χ0n) is 12.4. The Balaban J connectivity index is 1.66. The molecule has 1 aliphatic rings. The van der Waals surface area contributed by atoms with Crippen molar-refractivity contribution < 1.29 is 4.79 Å². The minimum absolute atomic E-state index is 0.0614. The van der Waals surface area contributed by atoms with Crippen molar-refractivity contribution in [2.75, 3.05) is 13.1 Å². The summed E-state index contributed by atoms with van der Waals surface area (Å²) in [4.78, 5) is 15.6. The normalized spacial score (nSPS) is 18.5. The van der Waals surface area contributed by atoms with Crippen LogP contribution in [0.2, 0.25) is 0 Å². The molecule has 0 aliphatic carbocycles. The van der Waals surface area contributed by atoms with Crippen LogP contribution in [0.3, 0.4) is 0 Å². The minimum atomic E-state index is 0.0614. The van der Waals surface area contributed by atoms with Gasteiger partial charge in [-0.1, -0.05) is 22.9 Å². The maximum atomic E-state index is 12.3. The zero-order chi connectivity index (χ0) is 15.5. The van der Waals surface area contributed by atoms with Gasteiger partial charge in [-0.2, -0.15) is 4.80 Å². The summed E-state index contributed by atoms with van der Waals surface area (Å²) in [6, 6.07) is 7.69. The number of amides is 1. The number of aromatic nitrogens is 4. The number of likely N-dealkylation sites (tertiary alicyclic amines) is 1. The van der Waals surface area contributed by atoms with E-state index >= 15 is 0 Å². The summed E-state index contributed by atoms with van der Waals surface area (Å²) in [6.45, 7) is 3.99. The Hall–Kier alpha value is -1.76. The second-order valence-corrected chi connectivity index (χ2v) is 6.65. The van der Waals surface area contributed by atoms with Crippen LogP contribution in [-0.2, 0) is 11.3 Å². The van der Waals surface area contributed by atoms with Crippen molar-refractivity contribution in [3.63, 3.8) is 0 Å². The number of benzene rings is 1. The number of carbonyl (C=O) groups excluding carboxylic acids is 1. The number of halogens is 1. The number of piperidine rings is 1. The third kappa shape index (κ3) is 3.52. The van der Waals surface area contributed by atoms with Gasteiger partial charge in [0.1, 0.15) is 6.54 Å². The first kappa shape index (κ1) is 15.1. The fourth-order valence-corrected chi connectivity index (χ4v) is 2.93. The molecule has 0 radical (unpaired) electrons. The molecule has 116 valence electrons. The van der Waals surface area contributed by atoms with E-state index in [1.54, 1.807) is 0 Å². The molecule has 2 heterocycles. The molecular formula is C15H18BrN5O. The molecule has 7 heteroatoms. The van der Waals surface area contributed by atoms with Gasteiger partial charge < -0.3 is 4.90 Å². The SMILES string of the molecule is CC1CCCN(C(=O)Cn2nnc(-c3ccc(Br)cc3)n2)C1. The van der Waals surface area contributed by atoms with Gasteiger partial charge in [0.2, 0.25) is 11.7 Å². The van der Waals surface area contributed by atoms with Gasteiger partial charge in [-0.3, -0.25) is 4.79 Å². The Morgan fingerprint density at radius 3 is 2.86 bits per heavy atom. The first-order valence-corrected chi connectivity index (χ1v) is 8.22. The molecule has 6 nitrogen and oxygen atoms in total. The molecule has 1 aromatic heterocycles. The molecular weight excluding hydrogens is 346 g/mol. The monoisotopic (exact) mass is 363 g/mol.